The highest BCUT2D eigenvalue weighted by Crippen LogP contribution is 2.35. The van der Waals surface area contributed by atoms with Gasteiger partial charge >= 0.3 is 6.09 Å². The van der Waals surface area contributed by atoms with Crippen LogP contribution in [0.5, 0.6) is 0 Å². The number of aryl methyl sites for hydroxylation is 1. The lowest BCUT2D eigenvalue weighted by Crippen LogP contribution is -2.15. The van der Waals surface area contributed by atoms with Crippen LogP contribution in [-0.2, 0) is 17.9 Å². The molecule has 1 amide bonds. The van der Waals surface area contributed by atoms with Crippen LogP contribution >= 0.6 is 35.0 Å². The molecule has 2 aromatic heterocycles. The van der Waals surface area contributed by atoms with Crippen LogP contribution in [0.1, 0.15) is 17.1 Å². The van der Waals surface area contributed by atoms with Gasteiger partial charge in [-0.3, -0.25) is 4.98 Å². The summed E-state index contributed by atoms with van der Waals surface area (Å²) in [4.78, 5) is 20.5. The number of nitrogens with zero attached hydrogens (tertiary/aromatic N) is 3. The standard InChI is InChI=1S/C18H16Cl2N4O2S/c1-11-17(27-15-7-13(19)6-14(20)8-15)24(9-12-2-4-22-5-3-12)16(23-11)10-26-18(21)25/h2-8H,9-10H2,1H3,(H2,21,25). The van der Waals surface area contributed by atoms with Crippen LogP contribution in [-0.4, -0.2) is 20.6 Å². The predicted molar refractivity (Wildman–Crippen MR) is 105 cm³/mol. The molecule has 0 bridgehead atoms. The molecule has 1 aromatic carbocycles. The van der Waals surface area contributed by atoms with Gasteiger partial charge in [0.05, 0.1) is 12.2 Å². The summed E-state index contributed by atoms with van der Waals surface area (Å²) in [6.07, 6.45) is 2.60. The Hall–Kier alpha value is -2.22. The number of primary amides is 1. The van der Waals surface area contributed by atoms with E-state index in [1.165, 1.54) is 11.8 Å². The van der Waals surface area contributed by atoms with Crippen molar-refractivity contribution in [2.45, 2.75) is 30.0 Å². The number of halogens is 2. The van der Waals surface area contributed by atoms with Crippen LogP contribution in [0.15, 0.2) is 52.6 Å². The number of hydrogen-bond donors (Lipinski definition) is 1. The molecule has 0 atom stereocenters. The van der Waals surface area contributed by atoms with Crippen LogP contribution in [0.4, 0.5) is 4.79 Å². The fourth-order valence-electron chi connectivity index (χ4n) is 2.52. The van der Waals surface area contributed by atoms with E-state index in [1.807, 2.05) is 35.8 Å². The number of imidazole rings is 1. The molecule has 0 saturated carbocycles. The number of pyridine rings is 1. The van der Waals surface area contributed by atoms with Gasteiger partial charge in [0.1, 0.15) is 10.9 Å². The molecule has 0 aliphatic rings. The normalized spacial score (nSPS) is 10.8. The van der Waals surface area contributed by atoms with Gasteiger partial charge < -0.3 is 15.0 Å². The van der Waals surface area contributed by atoms with E-state index in [0.29, 0.717) is 22.4 Å². The number of ether oxygens (including phenoxy) is 1. The fourth-order valence-corrected chi connectivity index (χ4v) is 4.25. The van der Waals surface area contributed by atoms with Crippen LogP contribution < -0.4 is 5.73 Å². The quantitative estimate of drug-likeness (QED) is 0.622. The number of benzene rings is 1. The molecular formula is C18H16Cl2N4O2S. The molecule has 2 N–H and O–H groups in total. The number of carbonyl (C=O) groups excluding carboxylic acids is 1. The molecule has 0 saturated heterocycles. The maximum Gasteiger partial charge on any atom is 0.404 e. The molecule has 3 rings (SSSR count). The highest BCUT2D eigenvalue weighted by Gasteiger charge is 2.17. The highest BCUT2D eigenvalue weighted by atomic mass is 35.5. The van der Waals surface area contributed by atoms with E-state index in [4.69, 9.17) is 33.7 Å². The van der Waals surface area contributed by atoms with Crippen molar-refractivity contribution >= 4 is 41.1 Å². The molecular weight excluding hydrogens is 407 g/mol. The maximum absolute atomic E-state index is 11.0. The first-order valence-corrected chi connectivity index (χ1v) is 9.50. The SMILES string of the molecule is Cc1nc(COC(N)=O)n(Cc2ccncc2)c1Sc1cc(Cl)cc(Cl)c1. The monoisotopic (exact) mass is 422 g/mol. The van der Waals surface area contributed by atoms with Gasteiger partial charge in [0.2, 0.25) is 0 Å². The van der Waals surface area contributed by atoms with Gasteiger partial charge in [-0.2, -0.15) is 0 Å². The second-order valence-corrected chi connectivity index (χ2v) is 7.61. The molecule has 0 spiro atoms. The second-order valence-electron chi connectivity index (χ2n) is 5.68. The minimum Gasteiger partial charge on any atom is -0.442 e. The Morgan fingerprint density at radius 3 is 2.52 bits per heavy atom. The number of hydrogen-bond acceptors (Lipinski definition) is 5. The van der Waals surface area contributed by atoms with Crippen molar-refractivity contribution in [3.05, 3.63) is 69.9 Å². The van der Waals surface area contributed by atoms with Gasteiger partial charge in [0.15, 0.2) is 6.61 Å². The van der Waals surface area contributed by atoms with Gasteiger partial charge in [-0.1, -0.05) is 35.0 Å². The van der Waals surface area contributed by atoms with Crippen LogP contribution in [0, 0.1) is 6.92 Å². The summed E-state index contributed by atoms with van der Waals surface area (Å²) in [5.41, 5.74) is 6.94. The molecule has 0 unspecified atom stereocenters. The van der Waals surface area contributed by atoms with E-state index in [9.17, 15) is 4.79 Å². The molecule has 0 aliphatic heterocycles. The van der Waals surface area contributed by atoms with Crippen LogP contribution in [0.3, 0.4) is 0 Å². The minimum absolute atomic E-state index is 0.0158. The van der Waals surface area contributed by atoms with Crippen molar-refractivity contribution < 1.29 is 9.53 Å². The molecule has 0 aliphatic carbocycles. The van der Waals surface area contributed by atoms with Gasteiger partial charge in [-0.25, -0.2) is 9.78 Å². The lowest BCUT2D eigenvalue weighted by atomic mass is 10.2. The maximum atomic E-state index is 11.0. The Bertz CT molecular complexity index is 943. The average molecular weight is 423 g/mol. The summed E-state index contributed by atoms with van der Waals surface area (Å²) in [7, 11) is 0. The van der Waals surface area contributed by atoms with E-state index in [-0.39, 0.29) is 6.61 Å². The lowest BCUT2D eigenvalue weighted by molar-refractivity contribution is 0.145. The van der Waals surface area contributed by atoms with Gasteiger partial charge in [-0.05, 0) is 42.8 Å². The molecule has 27 heavy (non-hydrogen) atoms. The largest absolute Gasteiger partial charge is 0.442 e. The van der Waals surface area contributed by atoms with Crippen molar-refractivity contribution in [2.75, 3.05) is 0 Å². The molecule has 3 aromatic rings. The molecule has 0 fully saturated rings. The topological polar surface area (TPSA) is 83.0 Å². The molecule has 0 radical (unpaired) electrons. The fraction of sp³-hybridized carbons (Fsp3) is 0.167. The number of carbonyl (C=O) groups is 1. The van der Waals surface area contributed by atoms with E-state index in [0.717, 1.165) is 21.2 Å². The summed E-state index contributed by atoms with van der Waals surface area (Å²) in [6, 6.07) is 9.18. The highest BCUT2D eigenvalue weighted by molar-refractivity contribution is 7.99. The zero-order valence-electron chi connectivity index (χ0n) is 14.4. The zero-order chi connectivity index (χ0) is 19.4. The smallest absolute Gasteiger partial charge is 0.404 e. The van der Waals surface area contributed by atoms with Gasteiger partial charge in [0, 0.05) is 27.3 Å². The number of rotatable bonds is 6. The van der Waals surface area contributed by atoms with Crippen LogP contribution in [0.25, 0.3) is 0 Å². The van der Waals surface area contributed by atoms with Gasteiger partial charge in [-0.15, -0.1) is 0 Å². The van der Waals surface area contributed by atoms with Crippen molar-refractivity contribution in [1.82, 2.24) is 14.5 Å². The van der Waals surface area contributed by atoms with Crippen molar-refractivity contribution in [1.29, 1.82) is 0 Å². The summed E-state index contributed by atoms with van der Waals surface area (Å²) >= 11 is 13.7. The molecule has 9 heteroatoms. The van der Waals surface area contributed by atoms with E-state index in [2.05, 4.69) is 9.97 Å². The summed E-state index contributed by atoms with van der Waals surface area (Å²) in [6.45, 7) is 2.42. The molecule has 140 valence electrons. The van der Waals surface area contributed by atoms with Crippen molar-refractivity contribution in [2.24, 2.45) is 5.73 Å². The zero-order valence-corrected chi connectivity index (χ0v) is 16.7. The third kappa shape index (κ3) is 5.15. The Balaban J connectivity index is 1.98. The Labute approximate surface area is 170 Å². The lowest BCUT2D eigenvalue weighted by Gasteiger charge is -2.12. The Morgan fingerprint density at radius 1 is 1.22 bits per heavy atom. The summed E-state index contributed by atoms with van der Waals surface area (Å²) in [5.74, 6) is 0.596. The Kier molecular flexibility index (Phi) is 6.26. The average Bonchev–Trinajstić information content (AvgIpc) is 2.89. The minimum atomic E-state index is -0.845. The number of amides is 1. The van der Waals surface area contributed by atoms with E-state index >= 15 is 0 Å². The van der Waals surface area contributed by atoms with Crippen molar-refractivity contribution in [3.63, 3.8) is 0 Å². The molecule has 2 heterocycles. The third-order valence-corrected chi connectivity index (χ3v) is 5.26. The number of nitrogens with two attached hydrogens (primary N) is 1. The predicted octanol–water partition coefficient (Wildman–Crippen LogP) is 4.69. The third-order valence-electron chi connectivity index (χ3n) is 3.65. The van der Waals surface area contributed by atoms with Crippen LogP contribution in [0.2, 0.25) is 10.0 Å². The summed E-state index contributed by atoms with van der Waals surface area (Å²) in [5, 5.41) is 2.01. The summed E-state index contributed by atoms with van der Waals surface area (Å²) < 4.78 is 6.93. The second kappa shape index (κ2) is 8.65. The molecule has 6 nitrogen and oxygen atoms in total. The first kappa shape index (κ1) is 19.5. The van der Waals surface area contributed by atoms with E-state index < -0.39 is 6.09 Å². The first-order valence-electron chi connectivity index (χ1n) is 7.93. The van der Waals surface area contributed by atoms with Crippen molar-refractivity contribution in [3.8, 4) is 0 Å². The first-order chi connectivity index (χ1) is 12.9. The Morgan fingerprint density at radius 2 is 1.89 bits per heavy atom. The number of aromatic nitrogens is 3. The van der Waals surface area contributed by atoms with Gasteiger partial charge in [0.25, 0.3) is 0 Å². The van der Waals surface area contributed by atoms with E-state index in [1.54, 1.807) is 18.5 Å².